The molecule has 0 atom stereocenters. The van der Waals surface area contributed by atoms with Crippen LogP contribution in [0.1, 0.15) is 11.1 Å². The fourth-order valence-corrected chi connectivity index (χ4v) is 4.46. The molecule has 2 amide bonds. The number of anilines is 2. The molecule has 0 bridgehead atoms. The third-order valence-electron chi connectivity index (χ3n) is 5.16. The third kappa shape index (κ3) is 4.24. The lowest BCUT2D eigenvalue weighted by Crippen LogP contribution is -2.32. The summed E-state index contributed by atoms with van der Waals surface area (Å²) < 4.78 is 5.39. The van der Waals surface area contributed by atoms with Crippen LogP contribution in [-0.4, -0.2) is 18.9 Å². The predicted molar refractivity (Wildman–Crippen MR) is 129 cm³/mol. The molecule has 3 aromatic rings. The molecule has 0 fully saturated rings. The number of rotatable bonds is 6. The quantitative estimate of drug-likeness (QED) is 0.456. The normalized spacial score (nSPS) is 13.7. The fraction of sp³-hybridized carbons (Fsp3) is 0.120. The van der Waals surface area contributed by atoms with E-state index in [1.54, 1.807) is 18.2 Å². The molecule has 32 heavy (non-hydrogen) atoms. The molecule has 1 aliphatic heterocycles. The highest BCUT2D eigenvalue weighted by atomic mass is 35.5. The number of ether oxygens (including phenoxy) is 1. The molecule has 0 saturated carbocycles. The number of imide groups is 1. The van der Waals surface area contributed by atoms with E-state index in [9.17, 15) is 9.59 Å². The highest BCUT2D eigenvalue weighted by Crippen LogP contribution is 2.41. The van der Waals surface area contributed by atoms with Gasteiger partial charge in [-0.15, -0.1) is 0 Å². The van der Waals surface area contributed by atoms with Crippen molar-refractivity contribution in [1.82, 2.24) is 0 Å². The van der Waals surface area contributed by atoms with Gasteiger partial charge in [0.05, 0.1) is 12.8 Å². The van der Waals surface area contributed by atoms with Crippen LogP contribution in [0.3, 0.4) is 0 Å². The summed E-state index contributed by atoms with van der Waals surface area (Å²) in [6.45, 7) is 4.02. The molecule has 162 valence electrons. The van der Waals surface area contributed by atoms with E-state index in [1.807, 2.05) is 62.4 Å². The Morgan fingerprint density at radius 1 is 0.906 bits per heavy atom. The molecule has 1 N–H and O–H groups in total. The van der Waals surface area contributed by atoms with Gasteiger partial charge in [-0.05, 0) is 67.4 Å². The average Bonchev–Trinajstić information content (AvgIpc) is 3.01. The minimum atomic E-state index is -0.466. The minimum absolute atomic E-state index is 0.217. The zero-order chi connectivity index (χ0) is 22.8. The predicted octanol–water partition coefficient (Wildman–Crippen LogP) is 5.95. The van der Waals surface area contributed by atoms with Gasteiger partial charge in [-0.1, -0.05) is 47.6 Å². The summed E-state index contributed by atoms with van der Waals surface area (Å²) in [7, 11) is 1.49. The van der Waals surface area contributed by atoms with Crippen molar-refractivity contribution in [2.24, 2.45) is 0 Å². The average molecular weight is 465 g/mol. The summed E-state index contributed by atoms with van der Waals surface area (Å²) in [5, 5.41) is 3.58. The smallest absolute Gasteiger partial charge is 0.283 e. The molecule has 0 spiro atoms. The first-order chi connectivity index (χ1) is 15.4. The molecule has 0 aromatic heterocycles. The summed E-state index contributed by atoms with van der Waals surface area (Å²) in [5.74, 6) is -0.518. The second-order valence-electron chi connectivity index (χ2n) is 7.31. The van der Waals surface area contributed by atoms with E-state index in [0.29, 0.717) is 21.4 Å². The van der Waals surface area contributed by atoms with Crippen LogP contribution < -0.4 is 15.0 Å². The van der Waals surface area contributed by atoms with Crippen molar-refractivity contribution >= 4 is 46.6 Å². The van der Waals surface area contributed by atoms with Gasteiger partial charge in [-0.3, -0.25) is 9.59 Å². The number of amides is 2. The number of nitrogens with one attached hydrogen (secondary N) is 1. The van der Waals surface area contributed by atoms with Crippen LogP contribution in [0.25, 0.3) is 0 Å². The second-order valence-corrected chi connectivity index (χ2v) is 8.83. The van der Waals surface area contributed by atoms with Crippen molar-refractivity contribution < 1.29 is 14.3 Å². The van der Waals surface area contributed by atoms with Crippen molar-refractivity contribution in [3.63, 3.8) is 0 Å². The summed E-state index contributed by atoms with van der Waals surface area (Å²) in [6, 6.07) is 20.1. The van der Waals surface area contributed by atoms with Gasteiger partial charge in [0.2, 0.25) is 0 Å². The molecule has 7 heteroatoms. The SMILES string of the molecule is COc1ccc(Cl)cc1N1C(=O)C(Nc2ccc(C)c(C)c2)=C(Sc2ccccc2)C1=O. The molecule has 4 rings (SSSR count). The van der Waals surface area contributed by atoms with Crippen molar-refractivity contribution in [3.8, 4) is 5.75 Å². The van der Waals surface area contributed by atoms with Gasteiger partial charge in [0.15, 0.2) is 0 Å². The maximum atomic E-state index is 13.5. The van der Waals surface area contributed by atoms with E-state index in [1.165, 1.54) is 18.9 Å². The van der Waals surface area contributed by atoms with E-state index < -0.39 is 11.8 Å². The number of carbonyl (C=O) groups excluding carboxylic acids is 2. The van der Waals surface area contributed by atoms with E-state index in [-0.39, 0.29) is 5.70 Å². The first-order valence-corrected chi connectivity index (χ1v) is 11.1. The molecule has 0 aliphatic carbocycles. The minimum Gasteiger partial charge on any atom is -0.495 e. The maximum absolute atomic E-state index is 13.5. The van der Waals surface area contributed by atoms with Gasteiger partial charge >= 0.3 is 0 Å². The summed E-state index contributed by atoms with van der Waals surface area (Å²) in [4.78, 5) is 29.3. The number of nitrogens with zero attached hydrogens (tertiary/aromatic N) is 1. The van der Waals surface area contributed by atoms with Gasteiger partial charge in [-0.25, -0.2) is 4.90 Å². The topological polar surface area (TPSA) is 58.6 Å². The van der Waals surface area contributed by atoms with Crippen molar-refractivity contribution in [2.75, 3.05) is 17.3 Å². The van der Waals surface area contributed by atoms with E-state index in [0.717, 1.165) is 26.6 Å². The summed E-state index contributed by atoms with van der Waals surface area (Å²) in [6.07, 6.45) is 0. The number of thioether (sulfide) groups is 1. The number of halogens is 1. The fourth-order valence-electron chi connectivity index (χ4n) is 3.34. The Morgan fingerprint density at radius 2 is 1.66 bits per heavy atom. The number of hydrogen-bond donors (Lipinski definition) is 1. The van der Waals surface area contributed by atoms with Crippen molar-refractivity contribution in [1.29, 1.82) is 0 Å². The van der Waals surface area contributed by atoms with Crippen molar-refractivity contribution in [2.45, 2.75) is 18.7 Å². The summed E-state index contributed by atoms with van der Waals surface area (Å²) in [5.41, 5.74) is 3.48. The second kappa shape index (κ2) is 9.10. The van der Waals surface area contributed by atoms with Crippen LogP contribution in [0.4, 0.5) is 11.4 Å². The number of aryl methyl sites for hydroxylation is 2. The molecule has 5 nitrogen and oxygen atoms in total. The lowest BCUT2D eigenvalue weighted by atomic mass is 10.1. The van der Waals surface area contributed by atoms with Gasteiger partial charge in [-0.2, -0.15) is 0 Å². The summed E-state index contributed by atoms with van der Waals surface area (Å²) >= 11 is 7.42. The van der Waals surface area contributed by atoms with Crippen LogP contribution >= 0.6 is 23.4 Å². The van der Waals surface area contributed by atoms with Gasteiger partial charge in [0, 0.05) is 15.6 Å². The van der Waals surface area contributed by atoms with Gasteiger partial charge in [0.25, 0.3) is 11.8 Å². The molecule has 0 saturated heterocycles. The maximum Gasteiger partial charge on any atom is 0.283 e. The Labute approximate surface area is 196 Å². The van der Waals surface area contributed by atoms with Crippen LogP contribution in [0.15, 0.2) is 82.2 Å². The highest BCUT2D eigenvalue weighted by Gasteiger charge is 2.41. The van der Waals surface area contributed by atoms with Crippen molar-refractivity contribution in [3.05, 3.63) is 93.5 Å². The molecule has 0 unspecified atom stereocenters. The Bertz CT molecular complexity index is 1240. The Hall–Kier alpha value is -3.22. The van der Waals surface area contributed by atoms with Crippen LogP contribution in [-0.2, 0) is 9.59 Å². The zero-order valence-corrected chi connectivity index (χ0v) is 19.4. The Balaban J connectivity index is 1.79. The monoisotopic (exact) mass is 464 g/mol. The standard InChI is InChI=1S/C25H21ClN2O3S/c1-15-9-11-18(13-16(15)2)27-22-23(32-19-7-5-4-6-8-19)25(30)28(24(22)29)20-14-17(26)10-12-21(20)31-3/h4-14,27H,1-3H3. The number of methoxy groups -OCH3 is 1. The van der Waals surface area contributed by atoms with Gasteiger partial charge < -0.3 is 10.1 Å². The Morgan fingerprint density at radius 3 is 2.34 bits per heavy atom. The third-order valence-corrected chi connectivity index (χ3v) is 6.49. The number of benzene rings is 3. The first-order valence-electron chi connectivity index (χ1n) is 9.93. The highest BCUT2D eigenvalue weighted by molar-refractivity contribution is 8.04. The lowest BCUT2D eigenvalue weighted by Gasteiger charge is -2.18. The molecule has 1 heterocycles. The van der Waals surface area contributed by atoms with E-state index in [2.05, 4.69) is 5.32 Å². The van der Waals surface area contributed by atoms with Crippen LogP contribution in [0, 0.1) is 13.8 Å². The Kier molecular flexibility index (Phi) is 6.26. The number of hydrogen-bond acceptors (Lipinski definition) is 5. The molecule has 1 aliphatic rings. The first kappa shape index (κ1) is 22.0. The van der Waals surface area contributed by atoms with Gasteiger partial charge in [0.1, 0.15) is 16.4 Å². The largest absolute Gasteiger partial charge is 0.495 e. The van der Waals surface area contributed by atoms with Crippen LogP contribution in [0.2, 0.25) is 5.02 Å². The van der Waals surface area contributed by atoms with E-state index in [4.69, 9.17) is 16.3 Å². The molecular formula is C25H21ClN2O3S. The molecule has 3 aromatic carbocycles. The molecule has 0 radical (unpaired) electrons. The van der Waals surface area contributed by atoms with Crippen LogP contribution in [0.5, 0.6) is 5.75 Å². The van der Waals surface area contributed by atoms with E-state index >= 15 is 0 Å². The molecular weight excluding hydrogens is 444 g/mol. The number of carbonyl (C=O) groups is 2. The lowest BCUT2D eigenvalue weighted by molar-refractivity contribution is -0.120. The zero-order valence-electron chi connectivity index (χ0n) is 17.8.